The van der Waals surface area contributed by atoms with Gasteiger partial charge in [-0.2, -0.15) is 9.97 Å². The molecule has 1 aromatic carbocycles. The lowest BCUT2D eigenvalue weighted by atomic mass is 10.1. The molecule has 1 N–H and O–H groups in total. The number of imidazole rings is 1. The first-order valence-corrected chi connectivity index (χ1v) is 13.0. The fourth-order valence-corrected chi connectivity index (χ4v) is 5.52. The van der Waals surface area contributed by atoms with E-state index in [0.29, 0.717) is 6.04 Å². The van der Waals surface area contributed by atoms with Gasteiger partial charge in [0.2, 0.25) is 5.95 Å². The Balaban J connectivity index is 1.28. The van der Waals surface area contributed by atoms with Crippen LogP contribution < -0.4 is 10.2 Å². The Hall–Kier alpha value is -2.71. The molecule has 0 unspecified atom stereocenters. The topological polar surface area (TPSA) is 71.3 Å². The summed E-state index contributed by atoms with van der Waals surface area (Å²) in [6.45, 7) is 6.68. The summed E-state index contributed by atoms with van der Waals surface area (Å²) in [5, 5.41) is 3.57. The molecule has 0 radical (unpaired) electrons. The number of morpholine rings is 1. The quantitative estimate of drug-likeness (QED) is 0.579. The van der Waals surface area contributed by atoms with Crippen molar-refractivity contribution in [1.29, 1.82) is 0 Å². The van der Waals surface area contributed by atoms with Gasteiger partial charge in [-0.3, -0.25) is 4.90 Å². The Morgan fingerprint density at radius 1 is 0.882 bits per heavy atom. The van der Waals surface area contributed by atoms with E-state index in [0.717, 1.165) is 74.6 Å². The molecule has 8 heteroatoms. The third-order valence-corrected chi connectivity index (χ3v) is 7.49. The van der Waals surface area contributed by atoms with Crippen molar-refractivity contribution in [3.8, 4) is 0 Å². The number of aromatic nitrogens is 4. The number of nitrogens with zero attached hydrogens (tertiary/aromatic N) is 6. The second-order valence-corrected chi connectivity index (χ2v) is 9.89. The highest BCUT2D eigenvalue weighted by Gasteiger charge is 2.24. The summed E-state index contributed by atoms with van der Waals surface area (Å²) in [7, 11) is 0. The highest BCUT2D eigenvalue weighted by Crippen LogP contribution is 2.34. The van der Waals surface area contributed by atoms with Gasteiger partial charge in [0, 0.05) is 44.5 Å². The summed E-state index contributed by atoms with van der Waals surface area (Å²) < 4.78 is 7.77. The summed E-state index contributed by atoms with van der Waals surface area (Å²) in [4.78, 5) is 19.6. The number of benzene rings is 1. The molecule has 3 aliphatic rings. The van der Waals surface area contributed by atoms with Crippen LogP contribution in [0.15, 0.2) is 30.6 Å². The van der Waals surface area contributed by atoms with Gasteiger partial charge in [-0.1, -0.05) is 25.0 Å². The first-order valence-electron chi connectivity index (χ1n) is 13.0. The van der Waals surface area contributed by atoms with Gasteiger partial charge in [-0.05, 0) is 49.8 Å². The zero-order chi connectivity index (χ0) is 22.7. The van der Waals surface area contributed by atoms with Gasteiger partial charge in [-0.25, -0.2) is 4.98 Å². The fraction of sp³-hybridized carbons (Fsp3) is 0.577. The van der Waals surface area contributed by atoms with Crippen molar-refractivity contribution in [3.63, 3.8) is 0 Å². The molecule has 2 saturated heterocycles. The molecule has 2 aliphatic heterocycles. The zero-order valence-corrected chi connectivity index (χ0v) is 20.0. The van der Waals surface area contributed by atoms with Gasteiger partial charge >= 0.3 is 0 Å². The highest BCUT2D eigenvalue weighted by molar-refractivity contribution is 5.86. The first-order chi connectivity index (χ1) is 16.8. The van der Waals surface area contributed by atoms with Crippen molar-refractivity contribution in [1.82, 2.24) is 24.4 Å². The van der Waals surface area contributed by atoms with Crippen molar-refractivity contribution < 1.29 is 4.74 Å². The molecule has 0 amide bonds. The predicted molar refractivity (Wildman–Crippen MR) is 135 cm³/mol. The Kier molecular flexibility index (Phi) is 6.33. The Morgan fingerprint density at radius 3 is 2.41 bits per heavy atom. The van der Waals surface area contributed by atoms with Gasteiger partial charge in [-0.15, -0.1) is 0 Å². The minimum absolute atomic E-state index is 0.501. The van der Waals surface area contributed by atoms with Gasteiger partial charge in [0.25, 0.3) is 0 Å². The monoisotopic (exact) mass is 461 g/mol. The zero-order valence-electron chi connectivity index (χ0n) is 20.0. The van der Waals surface area contributed by atoms with Crippen LogP contribution in [0.3, 0.4) is 0 Å². The van der Waals surface area contributed by atoms with Gasteiger partial charge in [0.15, 0.2) is 17.0 Å². The molecular formula is C26H35N7O. The number of hydrogen-bond donors (Lipinski definition) is 1. The number of fused-ring (bicyclic) bond motifs is 1. The number of nitrogens with one attached hydrogen (secondary N) is 1. The third kappa shape index (κ3) is 4.61. The maximum Gasteiger partial charge on any atom is 0.229 e. The standard InChI is InChI=1S/C26H35N7O/c1-4-12-32(13-5-1)26-29-24(23-25(30-26)33(19-27-23)22-6-2-3-7-22)28-21-10-8-20(9-11-21)18-31-14-16-34-17-15-31/h8-11,19,22H,1-7,12-18H2,(H,28,29,30). The van der Waals surface area contributed by atoms with E-state index in [1.807, 2.05) is 6.33 Å². The molecule has 0 atom stereocenters. The summed E-state index contributed by atoms with van der Waals surface area (Å²) in [6.07, 6.45) is 10.7. The molecule has 180 valence electrons. The van der Waals surface area contributed by atoms with Crippen molar-refractivity contribution in [2.24, 2.45) is 0 Å². The first kappa shape index (κ1) is 21.8. The molecule has 3 aromatic rings. The maximum absolute atomic E-state index is 5.47. The minimum Gasteiger partial charge on any atom is -0.379 e. The second kappa shape index (κ2) is 9.88. The Morgan fingerprint density at radius 2 is 1.65 bits per heavy atom. The fourth-order valence-electron chi connectivity index (χ4n) is 5.52. The summed E-state index contributed by atoms with van der Waals surface area (Å²) in [5.74, 6) is 1.64. The number of piperidine rings is 1. The lowest BCUT2D eigenvalue weighted by Crippen LogP contribution is -2.35. The van der Waals surface area contributed by atoms with E-state index >= 15 is 0 Å². The summed E-state index contributed by atoms with van der Waals surface area (Å²) in [6, 6.07) is 9.22. The number of anilines is 3. The van der Waals surface area contributed by atoms with Crippen molar-refractivity contribution >= 4 is 28.6 Å². The molecule has 4 heterocycles. The van der Waals surface area contributed by atoms with Crippen LogP contribution in [0.1, 0.15) is 56.6 Å². The van der Waals surface area contributed by atoms with Crippen LogP contribution in [-0.4, -0.2) is 63.8 Å². The third-order valence-electron chi connectivity index (χ3n) is 7.49. The molecule has 0 bridgehead atoms. The van der Waals surface area contributed by atoms with Crippen LogP contribution in [0.5, 0.6) is 0 Å². The van der Waals surface area contributed by atoms with Crippen LogP contribution in [0.4, 0.5) is 17.5 Å². The van der Waals surface area contributed by atoms with Crippen LogP contribution in [0, 0.1) is 0 Å². The number of rotatable bonds is 6. The smallest absolute Gasteiger partial charge is 0.229 e. The molecule has 8 nitrogen and oxygen atoms in total. The normalized spacial score (nSPS) is 20.3. The van der Waals surface area contributed by atoms with Crippen molar-refractivity contribution in [2.45, 2.75) is 57.5 Å². The van der Waals surface area contributed by atoms with E-state index < -0.39 is 0 Å². The van der Waals surface area contributed by atoms with Crippen molar-refractivity contribution in [3.05, 3.63) is 36.2 Å². The molecule has 34 heavy (non-hydrogen) atoms. The average Bonchev–Trinajstić information content (AvgIpc) is 3.56. The minimum atomic E-state index is 0.501. The lowest BCUT2D eigenvalue weighted by Gasteiger charge is -2.27. The van der Waals surface area contributed by atoms with Gasteiger partial charge in [0.05, 0.1) is 19.5 Å². The summed E-state index contributed by atoms with van der Waals surface area (Å²) >= 11 is 0. The predicted octanol–water partition coefficient (Wildman–Crippen LogP) is 4.51. The maximum atomic E-state index is 5.47. The number of hydrogen-bond acceptors (Lipinski definition) is 7. The van der Waals surface area contributed by atoms with E-state index in [4.69, 9.17) is 19.7 Å². The Labute approximate surface area is 201 Å². The Bertz CT molecular complexity index is 1090. The molecule has 3 fully saturated rings. The molecular weight excluding hydrogens is 426 g/mol. The van der Waals surface area contributed by atoms with E-state index in [9.17, 15) is 0 Å². The van der Waals surface area contributed by atoms with Crippen LogP contribution >= 0.6 is 0 Å². The van der Waals surface area contributed by atoms with Crippen molar-refractivity contribution in [2.75, 3.05) is 49.6 Å². The van der Waals surface area contributed by atoms with E-state index in [1.165, 1.54) is 50.5 Å². The molecule has 1 aliphatic carbocycles. The van der Waals surface area contributed by atoms with Crippen LogP contribution in [0.2, 0.25) is 0 Å². The van der Waals surface area contributed by atoms with E-state index in [-0.39, 0.29) is 0 Å². The second-order valence-electron chi connectivity index (χ2n) is 9.89. The highest BCUT2D eigenvalue weighted by atomic mass is 16.5. The SMILES string of the molecule is c1cc(Nc2nc(N3CCCCC3)nc3c2ncn3C2CCCC2)ccc1CN1CCOCC1. The molecule has 1 saturated carbocycles. The largest absolute Gasteiger partial charge is 0.379 e. The number of ether oxygens (including phenoxy) is 1. The van der Waals surface area contributed by atoms with E-state index in [1.54, 1.807) is 0 Å². The van der Waals surface area contributed by atoms with Gasteiger partial charge < -0.3 is 19.5 Å². The molecule has 0 spiro atoms. The molecule has 6 rings (SSSR count). The summed E-state index contributed by atoms with van der Waals surface area (Å²) in [5.41, 5.74) is 4.18. The van der Waals surface area contributed by atoms with E-state index in [2.05, 4.69) is 43.9 Å². The molecule has 2 aromatic heterocycles. The van der Waals surface area contributed by atoms with Crippen LogP contribution in [-0.2, 0) is 11.3 Å². The average molecular weight is 462 g/mol. The van der Waals surface area contributed by atoms with Gasteiger partial charge in [0.1, 0.15) is 0 Å². The lowest BCUT2D eigenvalue weighted by molar-refractivity contribution is 0.0342. The van der Waals surface area contributed by atoms with Crippen LogP contribution in [0.25, 0.3) is 11.2 Å².